The quantitative estimate of drug-likeness (QED) is 0.850. The Morgan fingerprint density at radius 1 is 1.41 bits per heavy atom. The average Bonchev–Trinajstić information content (AvgIpc) is 2.93. The van der Waals surface area contributed by atoms with Crippen molar-refractivity contribution in [2.75, 3.05) is 7.11 Å². The zero-order valence-corrected chi connectivity index (χ0v) is 10.8. The number of nitrogens with zero attached hydrogens (tertiary/aromatic N) is 2. The molecule has 2 aromatic rings. The maximum Gasteiger partial charge on any atom is 0.284 e. The topological polar surface area (TPSA) is 61.3 Å². The van der Waals surface area contributed by atoms with Gasteiger partial charge in [0.2, 0.25) is 0 Å². The van der Waals surface area contributed by atoms with Crippen LogP contribution in [0.2, 0.25) is 0 Å². The molecule has 2 rings (SSSR count). The SMILES string of the molecule is CCc1cc(C(C)OC)oc1-c1nnc(S)o1. The number of furan rings is 1. The molecule has 2 heterocycles. The van der Waals surface area contributed by atoms with Crippen LogP contribution in [0.1, 0.15) is 31.3 Å². The van der Waals surface area contributed by atoms with Gasteiger partial charge in [-0.05, 0) is 19.4 Å². The lowest BCUT2D eigenvalue weighted by Gasteiger charge is -2.03. The summed E-state index contributed by atoms with van der Waals surface area (Å²) in [6.07, 6.45) is 0.715. The predicted molar refractivity (Wildman–Crippen MR) is 64.1 cm³/mol. The Balaban J connectivity index is 2.42. The van der Waals surface area contributed by atoms with Crippen molar-refractivity contribution in [2.24, 2.45) is 0 Å². The summed E-state index contributed by atoms with van der Waals surface area (Å²) in [5, 5.41) is 7.79. The third kappa shape index (κ3) is 2.37. The van der Waals surface area contributed by atoms with Gasteiger partial charge in [0.05, 0.1) is 0 Å². The number of thiol groups is 1. The predicted octanol–water partition coefficient (Wildman–Crippen LogP) is 2.89. The Morgan fingerprint density at radius 3 is 2.71 bits per heavy atom. The van der Waals surface area contributed by atoms with Gasteiger partial charge in [-0.3, -0.25) is 0 Å². The Bertz CT molecular complexity index is 507. The molecule has 1 atom stereocenters. The number of aryl methyl sites for hydroxylation is 1. The van der Waals surface area contributed by atoms with E-state index in [2.05, 4.69) is 22.8 Å². The lowest BCUT2D eigenvalue weighted by molar-refractivity contribution is 0.0999. The van der Waals surface area contributed by atoms with Crippen LogP contribution in [0.15, 0.2) is 20.1 Å². The largest absolute Gasteiger partial charge is 0.453 e. The second kappa shape index (κ2) is 4.93. The number of methoxy groups -OCH3 is 1. The highest BCUT2D eigenvalue weighted by atomic mass is 32.1. The third-order valence-corrected chi connectivity index (χ3v) is 2.75. The number of rotatable bonds is 4. The molecule has 6 heteroatoms. The van der Waals surface area contributed by atoms with Crippen LogP contribution in [0.25, 0.3) is 11.7 Å². The molecule has 0 saturated heterocycles. The van der Waals surface area contributed by atoms with Crippen LogP contribution in [-0.4, -0.2) is 17.3 Å². The van der Waals surface area contributed by atoms with Crippen molar-refractivity contribution in [3.8, 4) is 11.7 Å². The zero-order chi connectivity index (χ0) is 12.4. The smallest absolute Gasteiger partial charge is 0.284 e. The summed E-state index contributed by atoms with van der Waals surface area (Å²) >= 11 is 3.98. The molecular formula is C11H14N2O3S. The molecule has 17 heavy (non-hydrogen) atoms. The Morgan fingerprint density at radius 2 is 2.18 bits per heavy atom. The summed E-state index contributed by atoms with van der Waals surface area (Å²) < 4.78 is 16.2. The van der Waals surface area contributed by atoms with E-state index in [-0.39, 0.29) is 11.3 Å². The fraction of sp³-hybridized carbons (Fsp3) is 0.455. The number of hydrogen-bond donors (Lipinski definition) is 1. The minimum absolute atomic E-state index is 0.104. The first-order valence-corrected chi connectivity index (χ1v) is 5.78. The van der Waals surface area contributed by atoms with Crippen LogP contribution in [0, 0.1) is 0 Å². The highest BCUT2D eigenvalue weighted by molar-refractivity contribution is 7.80. The summed E-state index contributed by atoms with van der Waals surface area (Å²) in [5.41, 5.74) is 1.01. The second-order valence-corrected chi connectivity index (χ2v) is 4.01. The van der Waals surface area contributed by atoms with E-state index in [1.165, 1.54) is 0 Å². The molecule has 0 spiro atoms. The lowest BCUT2D eigenvalue weighted by Crippen LogP contribution is -1.92. The summed E-state index contributed by atoms with van der Waals surface area (Å²) in [6, 6.07) is 1.95. The van der Waals surface area contributed by atoms with Gasteiger partial charge in [-0.25, -0.2) is 0 Å². The number of aromatic nitrogens is 2. The van der Waals surface area contributed by atoms with Crippen LogP contribution >= 0.6 is 12.6 Å². The molecule has 0 fully saturated rings. The molecule has 0 aliphatic heterocycles. The van der Waals surface area contributed by atoms with Gasteiger partial charge in [-0.1, -0.05) is 19.6 Å². The summed E-state index contributed by atoms with van der Waals surface area (Å²) in [6.45, 7) is 3.95. The van der Waals surface area contributed by atoms with Gasteiger partial charge in [0.1, 0.15) is 11.9 Å². The Hall–Kier alpha value is -1.27. The van der Waals surface area contributed by atoms with Crippen LogP contribution < -0.4 is 0 Å². The number of ether oxygens (including phenoxy) is 1. The standard InChI is InChI=1S/C11H14N2O3S/c1-4-7-5-8(6(2)14-3)15-9(7)10-12-13-11(17)16-10/h5-6H,4H2,1-3H3,(H,13,17). The minimum atomic E-state index is -0.104. The van der Waals surface area contributed by atoms with Gasteiger partial charge in [-0.2, -0.15) is 0 Å². The monoisotopic (exact) mass is 254 g/mol. The van der Waals surface area contributed by atoms with Gasteiger partial charge in [-0.15, -0.1) is 10.2 Å². The zero-order valence-electron chi connectivity index (χ0n) is 9.93. The molecule has 0 saturated carbocycles. The Labute approximate surface area is 105 Å². The minimum Gasteiger partial charge on any atom is -0.453 e. The van der Waals surface area contributed by atoms with Crippen LogP contribution in [-0.2, 0) is 11.2 Å². The van der Waals surface area contributed by atoms with E-state index in [9.17, 15) is 0 Å². The van der Waals surface area contributed by atoms with E-state index >= 15 is 0 Å². The fourth-order valence-electron chi connectivity index (χ4n) is 1.52. The van der Waals surface area contributed by atoms with E-state index in [0.29, 0.717) is 11.7 Å². The van der Waals surface area contributed by atoms with Crippen molar-refractivity contribution in [2.45, 2.75) is 31.6 Å². The molecule has 0 aliphatic carbocycles. The average molecular weight is 254 g/mol. The molecule has 0 aliphatic rings. The van der Waals surface area contributed by atoms with E-state index in [0.717, 1.165) is 17.7 Å². The van der Waals surface area contributed by atoms with E-state index in [1.54, 1.807) is 7.11 Å². The molecule has 92 valence electrons. The maximum atomic E-state index is 5.70. The first kappa shape index (κ1) is 12.2. The van der Waals surface area contributed by atoms with Crippen molar-refractivity contribution < 1.29 is 13.6 Å². The molecule has 0 bridgehead atoms. The van der Waals surface area contributed by atoms with E-state index < -0.39 is 0 Å². The fourth-order valence-corrected chi connectivity index (χ4v) is 1.65. The molecule has 5 nitrogen and oxygen atoms in total. The van der Waals surface area contributed by atoms with E-state index in [4.69, 9.17) is 13.6 Å². The molecule has 0 N–H and O–H groups in total. The highest BCUT2D eigenvalue weighted by Gasteiger charge is 2.19. The van der Waals surface area contributed by atoms with Crippen molar-refractivity contribution in [1.82, 2.24) is 10.2 Å². The molecule has 0 radical (unpaired) electrons. The summed E-state index contributed by atoms with van der Waals surface area (Å²) in [4.78, 5) is 0. The first-order chi connectivity index (χ1) is 8.15. The van der Waals surface area contributed by atoms with Crippen LogP contribution in [0.4, 0.5) is 0 Å². The van der Waals surface area contributed by atoms with Gasteiger partial charge < -0.3 is 13.6 Å². The van der Waals surface area contributed by atoms with Gasteiger partial charge in [0, 0.05) is 12.7 Å². The van der Waals surface area contributed by atoms with Crippen LogP contribution in [0.5, 0.6) is 0 Å². The molecular weight excluding hydrogens is 240 g/mol. The highest BCUT2D eigenvalue weighted by Crippen LogP contribution is 2.30. The lowest BCUT2D eigenvalue weighted by atomic mass is 10.1. The summed E-state index contributed by atoms with van der Waals surface area (Å²) in [5.74, 6) is 1.69. The normalized spacial score (nSPS) is 12.9. The molecule has 0 aromatic carbocycles. The van der Waals surface area contributed by atoms with Gasteiger partial charge in [0.25, 0.3) is 11.1 Å². The van der Waals surface area contributed by atoms with E-state index in [1.807, 2.05) is 19.9 Å². The Kier molecular flexibility index (Phi) is 3.54. The van der Waals surface area contributed by atoms with Crippen molar-refractivity contribution >= 4 is 12.6 Å². The van der Waals surface area contributed by atoms with Gasteiger partial charge in [0.15, 0.2) is 5.76 Å². The maximum absolute atomic E-state index is 5.70. The molecule has 0 amide bonds. The number of hydrogen-bond acceptors (Lipinski definition) is 6. The van der Waals surface area contributed by atoms with Gasteiger partial charge >= 0.3 is 0 Å². The second-order valence-electron chi connectivity index (χ2n) is 3.62. The van der Waals surface area contributed by atoms with Crippen molar-refractivity contribution in [3.05, 3.63) is 17.4 Å². The molecule has 1 unspecified atom stereocenters. The molecule has 2 aromatic heterocycles. The third-order valence-electron chi connectivity index (χ3n) is 2.57. The summed E-state index contributed by atoms with van der Waals surface area (Å²) in [7, 11) is 1.64. The van der Waals surface area contributed by atoms with Crippen molar-refractivity contribution in [1.29, 1.82) is 0 Å². The van der Waals surface area contributed by atoms with Crippen molar-refractivity contribution in [3.63, 3.8) is 0 Å². The first-order valence-electron chi connectivity index (χ1n) is 5.34. The van der Waals surface area contributed by atoms with Crippen LogP contribution in [0.3, 0.4) is 0 Å².